The molecule has 0 aliphatic carbocycles. The number of rotatable bonds is 4. The van der Waals surface area contributed by atoms with Crippen LogP contribution in [0.15, 0.2) is 71.6 Å². The second kappa shape index (κ2) is 7.79. The van der Waals surface area contributed by atoms with Crippen LogP contribution < -0.4 is 4.74 Å². The Balaban J connectivity index is 1.61. The fourth-order valence-electron chi connectivity index (χ4n) is 3.92. The van der Waals surface area contributed by atoms with Crippen molar-refractivity contribution in [2.45, 2.75) is 18.4 Å². The third kappa shape index (κ3) is 3.37. The molecule has 1 fully saturated rings. The van der Waals surface area contributed by atoms with Gasteiger partial charge in [-0.3, -0.25) is 18.9 Å². The van der Waals surface area contributed by atoms with E-state index in [0.29, 0.717) is 17.3 Å². The summed E-state index contributed by atoms with van der Waals surface area (Å²) in [6.45, 7) is 0. The van der Waals surface area contributed by atoms with E-state index in [1.807, 2.05) is 47.2 Å². The zero-order valence-electron chi connectivity index (χ0n) is 16.3. The zero-order valence-corrected chi connectivity index (χ0v) is 18.0. The van der Waals surface area contributed by atoms with Crippen LogP contribution in [0.2, 0.25) is 0 Å². The van der Waals surface area contributed by atoms with Gasteiger partial charge in [-0.05, 0) is 40.6 Å². The van der Waals surface area contributed by atoms with Gasteiger partial charge in [0.1, 0.15) is 16.8 Å². The number of fused-ring (bicyclic) bond motifs is 1. The van der Waals surface area contributed by atoms with Crippen LogP contribution in [0.1, 0.15) is 24.1 Å². The highest BCUT2D eigenvalue weighted by atomic mass is 32.1. The lowest BCUT2D eigenvalue weighted by Crippen LogP contribution is -2.51. The largest absolute Gasteiger partial charge is 0.437 e. The summed E-state index contributed by atoms with van der Waals surface area (Å²) < 4.78 is 7.43. The quantitative estimate of drug-likeness (QED) is 0.361. The third-order valence-corrected chi connectivity index (χ3v) is 6.60. The molecule has 8 heteroatoms. The summed E-state index contributed by atoms with van der Waals surface area (Å²) in [6.07, 6.45) is 1.65. The zero-order chi connectivity index (χ0) is 21.4. The summed E-state index contributed by atoms with van der Waals surface area (Å²) in [7, 11) is 0. The maximum Gasteiger partial charge on any atom is 0.240 e. The summed E-state index contributed by atoms with van der Waals surface area (Å²) in [6, 6.07) is 16.7. The first kappa shape index (κ1) is 19.7. The van der Waals surface area contributed by atoms with E-state index in [1.165, 1.54) is 15.6 Å². The molecule has 0 spiro atoms. The molecule has 0 radical (unpaired) electrons. The lowest BCUT2D eigenvalue weighted by molar-refractivity contribution is -0.139. The van der Waals surface area contributed by atoms with Crippen molar-refractivity contribution < 1.29 is 14.3 Å². The predicted molar refractivity (Wildman–Crippen MR) is 121 cm³/mol. The first-order chi connectivity index (χ1) is 15.1. The van der Waals surface area contributed by atoms with E-state index in [1.54, 1.807) is 24.4 Å². The van der Waals surface area contributed by atoms with Crippen LogP contribution >= 0.6 is 24.2 Å². The predicted octanol–water partition coefficient (Wildman–Crippen LogP) is 4.76. The number of Topliss-reactive ketones (excluding diaryl/α,β-unsaturated/α-hetero) is 1. The molecule has 3 aromatic heterocycles. The minimum Gasteiger partial charge on any atom is -0.437 e. The van der Waals surface area contributed by atoms with Gasteiger partial charge in [0.25, 0.3) is 0 Å². The van der Waals surface area contributed by atoms with Gasteiger partial charge in [-0.15, -0.1) is 0 Å². The second-order valence-electron chi connectivity index (χ2n) is 7.26. The Labute approximate surface area is 188 Å². The molecule has 0 bridgehead atoms. The van der Waals surface area contributed by atoms with E-state index in [-0.39, 0.29) is 24.5 Å². The lowest BCUT2D eigenvalue weighted by atomic mass is 9.79. The van der Waals surface area contributed by atoms with E-state index in [0.717, 1.165) is 16.5 Å². The Bertz CT molecular complexity index is 1290. The van der Waals surface area contributed by atoms with Crippen molar-refractivity contribution in [3.63, 3.8) is 0 Å². The van der Waals surface area contributed by atoms with E-state index in [9.17, 15) is 9.59 Å². The number of carbonyl (C=O) groups is 2. The van der Waals surface area contributed by atoms with Gasteiger partial charge >= 0.3 is 0 Å². The van der Waals surface area contributed by atoms with E-state index in [2.05, 4.69) is 17.8 Å². The number of thiophene rings is 1. The van der Waals surface area contributed by atoms with Crippen LogP contribution in [-0.2, 0) is 15.1 Å². The normalized spacial score (nSPS) is 19.1. The number of piperidine rings is 1. The summed E-state index contributed by atoms with van der Waals surface area (Å²) in [5.41, 5.74) is 0.952. The Morgan fingerprint density at radius 2 is 1.90 bits per heavy atom. The van der Waals surface area contributed by atoms with Crippen molar-refractivity contribution in [3.05, 3.63) is 82.8 Å². The molecule has 4 aromatic rings. The van der Waals surface area contributed by atoms with Gasteiger partial charge in [-0.1, -0.05) is 37.1 Å². The molecule has 31 heavy (non-hydrogen) atoms. The Hall–Kier alpha value is -3.23. The number of aromatic nitrogens is 2. The van der Waals surface area contributed by atoms with Crippen LogP contribution in [0.4, 0.5) is 0 Å². The maximum absolute atomic E-state index is 12.6. The van der Waals surface area contributed by atoms with Crippen LogP contribution in [0.3, 0.4) is 0 Å². The topological polar surface area (TPSA) is 72.4 Å². The van der Waals surface area contributed by atoms with Gasteiger partial charge in [0.05, 0.1) is 12.1 Å². The number of hydrogen-bond acceptors (Lipinski definition) is 7. The Kier molecular flexibility index (Phi) is 4.95. The summed E-state index contributed by atoms with van der Waals surface area (Å²) >= 11 is 5.99. The molecule has 1 unspecified atom stereocenters. The molecule has 1 atom stereocenters. The lowest BCUT2D eigenvalue weighted by Gasteiger charge is -2.42. The van der Waals surface area contributed by atoms with Gasteiger partial charge < -0.3 is 4.74 Å². The molecule has 1 amide bonds. The number of nitrogens with zero attached hydrogens (tertiary/aromatic N) is 3. The fourth-order valence-corrected chi connectivity index (χ4v) is 5.01. The minimum absolute atomic E-state index is 0.102. The summed E-state index contributed by atoms with van der Waals surface area (Å²) in [5, 5.41) is 4.78. The molecule has 4 heterocycles. The van der Waals surface area contributed by atoms with Crippen molar-refractivity contribution in [1.82, 2.24) is 14.3 Å². The number of benzene rings is 1. The van der Waals surface area contributed by atoms with Gasteiger partial charge in [-0.25, -0.2) is 4.98 Å². The molecule has 1 aliphatic heterocycles. The number of carbonyl (C=O) groups excluding carboxylic acids is 2. The van der Waals surface area contributed by atoms with Crippen LogP contribution in [0.25, 0.3) is 10.9 Å². The molecule has 6 nitrogen and oxygen atoms in total. The number of amides is 1. The van der Waals surface area contributed by atoms with Gasteiger partial charge in [-0.2, -0.15) is 11.3 Å². The second-order valence-corrected chi connectivity index (χ2v) is 8.44. The summed E-state index contributed by atoms with van der Waals surface area (Å²) in [5.74, 6) is 0.424. The molecule has 0 N–H and O–H groups in total. The SMILES string of the molecule is O=C1CC(=O)N(S)C(c2ccsc2)(c2cccc(Oc3cccc4cccnc34)n2)C1. The monoisotopic (exact) mass is 447 g/mol. The number of hydrogen-bond donors (Lipinski definition) is 1. The minimum atomic E-state index is -1.09. The Morgan fingerprint density at radius 1 is 1.06 bits per heavy atom. The third-order valence-electron chi connectivity index (χ3n) is 5.36. The average Bonchev–Trinajstić information content (AvgIpc) is 3.32. The highest BCUT2D eigenvalue weighted by Gasteiger charge is 2.49. The van der Waals surface area contributed by atoms with E-state index >= 15 is 0 Å². The Morgan fingerprint density at radius 3 is 2.74 bits per heavy atom. The van der Waals surface area contributed by atoms with Crippen molar-refractivity contribution in [2.75, 3.05) is 0 Å². The van der Waals surface area contributed by atoms with Gasteiger partial charge in [0, 0.05) is 24.1 Å². The molecule has 154 valence electrons. The smallest absolute Gasteiger partial charge is 0.240 e. The number of thiol groups is 1. The van der Waals surface area contributed by atoms with Crippen molar-refractivity contribution >= 4 is 46.7 Å². The van der Waals surface area contributed by atoms with E-state index < -0.39 is 5.54 Å². The first-order valence-electron chi connectivity index (χ1n) is 9.63. The summed E-state index contributed by atoms with van der Waals surface area (Å²) in [4.78, 5) is 34.2. The first-order valence-corrected chi connectivity index (χ1v) is 11.0. The molecular weight excluding hydrogens is 430 g/mol. The number of pyridine rings is 2. The highest BCUT2D eigenvalue weighted by molar-refractivity contribution is 7.78. The van der Waals surface area contributed by atoms with Crippen LogP contribution in [0, 0.1) is 0 Å². The molecule has 1 aliphatic rings. The number of ether oxygens (including phenoxy) is 1. The molecule has 5 rings (SSSR count). The molecule has 1 aromatic carbocycles. The van der Waals surface area contributed by atoms with Crippen LogP contribution in [0.5, 0.6) is 11.6 Å². The average molecular weight is 448 g/mol. The number of ketones is 1. The van der Waals surface area contributed by atoms with Crippen molar-refractivity contribution in [2.24, 2.45) is 0 Å². The molecule has 0 saturated carbocycles. The molecule has 1 saturated heterocycles. The van der Waals surface area contributed by atoms with Gasteiger partial charge in [0.2, 0.25) is 11.8 Å². The fraction of sp³-hybridized carbons (Fsp3) is 0.130. The molecular formula is C23H17N3O3S2. The standard InChI is InChI=1S/C23H17N3O3S2/c27-17-12-21(28)26(30)23(13-17,16-9-11-31-14-16)19-7-2-8-20(25-19)29-18-6-1-4-15-5-3-10-24-22(15)18/h1-11,14,30H,12-13H2. The highest BCUT2D eigenvalue weighted by Crippen LogP contribution is 2.44. The van der Waals surface area contributed by atoms with Crippen LogP contribution in [-0.4, -0.2) is 26.0 Å². The van der Waals surface area contributed by atoms with Crippen molar-refractivity contribution in [1.29, 1.82) is 0 Å². The number of para-hydroxylation sites is 1. The maximum atomic E-state index is 12.6. The van der Waals surface area contributed by atoms with E-state index in [4.69, 9.17) is 9.72 Å². The van der Waals surface area contributed by atoms with Gasteiger partial charge in [0.15, 0.2) is 5.75 Å². The van der Waals surface area contributed by atoms with Crippen molar-refractivity contribution in [3.8, 4) is 11.6 Å².